The summed E-state index contributed by atoms with van der Waals surface area (Å²) in [5, 5.41) is 9.41. The van der Waals surface area contributed by atoms with Crippen LogP contribution in [0.25, 0.3) is 11.2 Å². The van der Waals surface area contributed by atoms with Crippen molar-refractivity contribution in [3.05, 3.63) is 54.0 Å². The van der Waals surface area contributed by atoms with Crippen LogP contribution in [0.5, 0.6) is 5.75 Å². The van der Waals surface area contributed by atoms with E-state index in [9.17, 15) is 9.90 Å². The highest BCUT2D eigenvalue weighted by Crippen LogP contribution is 2.22. The Labute approximate surface area is 146 Å². The SMILES string of the molecule is Cc1cnc2c(c1)nc(CCCOc1ccccc1)n2C(C)C(=O)O. The van der Waals surface area contributed by atoms with Crippen LogP contribution in [0.15, 0.2) is 42.6 Å². The third-order valence-electron chi connectivity index (χ3n) is 4.04. The molecule has 25 heavy (non-hydrogen) atoms. The highest BCUT2D eigenvalue weighted by molar-refractivity contribution is 5.77. The van der Waals surface area contributed by atoms with E-state index in [1.165, 1.54) is 0 Å². The first kappa shape index (κ1) is 17.0. The zero-order chi connectivity index (χ0) is 17.8. The number of hydrogen-bond donors (Lipinski definition) is 1. The van der Waals surface area contributed by atoms with Gasteiger partial charge < -0.3 is 9.84 Å². The van der Waals surface area contributed by atoms with Gasteiger partial charge in [-0.2, -0.15) is 0 Å². The first-order valence-electron chi connectivity index (χ1n) is 8.30. The van der Waals surface area contributed by atoms with Gasteiger partial charge in [0.05, 0.1) is 6.61 Å². The van der Waals surface area contributed by atoms with Crippen LogP contribution in [0.2, 0.25) is 0 Å². The van der Waals surface area contributed by atoms with Crippen LogP contribution in [-0.2, 0) is 11.2 Å². The molecular formula is C19H21N3O3. The second-order valence-corrected chi connectivity index (χ2v) is 6.03. The molecular weight excluding hydrogens is 318 g/mol. The molecule has 0 amide bonds. The number of aliphatic carboxylic acids is 1. The number of pyridine rings is 1. The third kappa shape index (κ3) is 3.79. The maximum Gasteiger partial charge on any atom is 0.326 e. The van der Waals surface area contributed by atoms with Crippen LogP contribution in [0, 0.1) is 6.92 Å². The van der Waals surface area contributed by atoms with Gasteiger partial charge in [-0.25, -0.2) is 14.8 Å². The Kier molecular flexibility index (Phi) is 4.97. The lowest BCUT2D eigenvalue weighted by molar-refractivity contribution is -0.140. The number of fused-ring (bicyclic) bond motifs is 1. The monoisotopic (exact) mass is 339 g/mol. The van der Waals surface area contributed by atoms with Crippen molar-refractivity contribution in [3.63, 3.8) is 0 Å². The number of carbonyl (C=O) groups is 1. The Morgan fingerprint density at radius 1 is 1.32 bits per heavy atom. The second kappa shape index (κ2) is 7.34. The lowest BCUT2D eigenvalue weighted by Crippen LogP contribution is -2.18. The predicted molar refractivity (Wildman–Crippen MR) is 94.9 cm³/mol. The normalized spacial score (nSPS) is 12.2. The maximum atomic E-state index is 11.5. The van der Waals surface area contributed by atoms with Gasteiger partial charge in [0.1, 0.15) is 23.1 Å². The Balaban J connectivity index is 1.77. The van der Waals surface area contributed by atoms with E-state index in [1.54, 1.807) is 17.7 Å². The largest absolute Gasteiger partial charge is 0.494 e. The van der Waals surface area contributed by atoms with Crippen molar-refractivity contribution >= 4 is 17.1 Å². The van der Waals surface area contributed by atoms with Crippen molar-refractivity contribution in [2.75, 3.05) is 6.61 Å². The molecule has 2 aromatic heterocycles. The zero-order valence-corrected chi connectivity index (χ0v) is 14.3. The number of ether oxygens (including phenoxy) is 1. The topological polar surface area (TPSA) is 77.2 Å². The van der Waals surface area contributed by atoms with E-state index in [-0.39, 0.29) is 0 Å². The van der Waals surface area contributed by atoms with Crippen molar-refractivity contribution in [3.8, 4) is 5.75 Å². The first-order chi connectivity index (χ1) is 12.1. The van der Waals surface area contributed by atoms with Gasteiger partial charge in [0.2, 0.25) is 0 Å². The van der Waals surface area contributed by atoms with Crippen LogP contribution in [0.3, 0.4) is 0 Å². The summed E-state index contributed by atoms with van der Waals surface area (Å²) < 4.78 is 7.41. The molecule has 1 aromatic carbocycles. The number of para-hydroxylation sites is 1. The van der Waals surface area contributed by atoms with Gasteiger partial charge in [-0.3, -0.25) is 4.57 Å². The van der Waals surface area contributed by atoms with Gasteiger partial charge in [0.15, 0.2) is 5.65 Å². The standard InChI is InChI=1S/C19H21N3O3/c1-13-11-16-18(20-12-13)22(14(2)19(23)24)17(21-16)9-6-10-25-15-7-4-3-5-8-15/h3-5,7-8,11-12,14H,6,9-10H2,1-2H3,(H,23,24). The fourth-order valence-corrected chi connectivity index (χ4v) is 2.76. The summed E-state index contributed by atoms with van der Waals surface area (Å²) in [5.74, 6) is 0.648. The summed E-state index contributed by atoms with van der Waals surface area (Å²) in [6.45, 7) is 4.13. The maximum absolute atomic E-state index is 11.5. The molecule has 3 rings (SSSR count). The molecule has 0 spiro atoms. The van der Waals surface area contributed by atoms with Gasteiger partial charge in [-0.1, -0.05) is 18.2 Å². The lowest BCUT2D eigenvalue weighted by Gasteiger charge is -2.13. The Morgan fingerprint density at radius 3 is 2.80 bits per heavy atom. The lowest BCUT2D eigenvalue weighted by atomic mass is 10.2. The molecule has 0 saturated carbocycles. The number of benzene rings is 1. The van der Waals surface area contributed by atoms with Gasteiger partial charge in [-0.05, 0) is 44.0 Å². The van der Waals surface area contributed by atoms with Gasteiger partial charge in [-0.15, -0.1) is 0 Å². The van der Waals surface area contributed by atoms with Crippen molar-refractivity contribution in [2.24, 2.45) is 0 Å². The van der Waals surface area contributed by atoms with E-state index in [1.807, 2.05) is 43.3 Å². The first-order valence-corrected chi connectivity index (χ1v) is 8.30. The zero-order valence-electron chi connectivity index (χ0n) is 14.3. The fraction of sp³-hybridized carbons (Fsp3) is 0.316. The summed E-state index contributed by atoms with van der Waals surface area (Å²) in [5.41, 5.74) is 2.34. The fourth-order valence-electron chi connectivity index (χ4n) is 2.76. The highest BCUT2D eigenvalue weighted by Gasteiger charge is 2.21. The number of rotatable bonds is 7. The number of carboxylic acid groups (broad SMARTS) is 1. The van der Waals surface area contributed by atoms with E-state index in [0.717, 1.165) is 29.1 Å². The van der Waals surface area contributed by atoms with Gasteiger partial charge in [0, 0.05) is 12.6 Å². The molecule has 1 atom stereocenters. The Hall–Kier alpha value is -2.89. The van der Waals surface area contributed by atoms with Gasteiger partial charge >= 0.3 is 5.97 Å². The number of carboxylic acids is 1. The van der Waals surface area contributed by atoms with E-state index in [4.69, 9.17) is 4.74 Å². The van der Waals surface area contributed by atoms with Crippen molar-refractivity contribution in [1.82, 2.24) is 14.5 Å². The number of aromatic nitrogens is 3. The summed E-state index contributed by atoms with van der Waals surface area (Å²) in [6.07, 6.45) is 3.10. The molecule has 1 unspecified atom stereocenters. The molecule has 1 N–H and O–H groups in total. The molecule has 6 heteroatoms. The van der Waals surface area contributed by atoms with E-state index >= 15 is 0 Å². The molecule has 0 fully saturated rings. The molecule has 2 heterocycles. The minimum absolute atomic E-state index is 0.543. The van der Waals surface area contributed by atoms with Crippen molar-refractivity contribution < 1.29 is 14.6 Å². The molecule has 130 valence electrons. The van der Waals surface area contributed by atoms with Crippen molar-refractivity contribution in [1.29, 1.82) is 0 Å². The third-order valence-corrected chi connectivity index (χ3v) is 4.04. The number of hydrogen-bond acceptors (Lipinski definition) is 4. The Bertz CT molecular complexity index is 874. The summed E-state index contributed by atoms with van der Waals surface area (Å²) in [6, 6.07) is 10.8. The highest BCUT2D eigenvalue weighted by atomic mass is 16.5. The number of aryl methyl sites for hydroxylation is 2. The van der Waals surface area contributed by atoms with Crippen LogP contribution in [0.4, 0.5) is 0 Å². The minimum Gasteiger partial charge on any atom is -0.494 e. The smallest absolute Gasteiger partial charge is 0.326 e. The van der Waals surface area contributed by atoms with Gasteiger partial charge in [0.25, 0.3) is 0 Å². The summed E-state index contributed by atoms with van der Waals surface area (Å²) >= 11 is 0. The molecule has 0 bridgehead atoms. The van der Waals surface area contributed by atoms with E-state index in [2.05, 4.69) is 9.97 Å². The number of nitrogens with zero attached hydrogens (tertiary/aromatic N) is 3. The minimum atomic E-state index is -0.900. The van der Waals surface area contributed by atoms with Crippen LogP contribution in [0.1, 0.15) is 30.8 Å². The summed E-state index contributed by atoms with van der Waals surface area (Å²) in [7, 11) is 0. The predicted octanol–water partition coefficient (Wildman–Crippen LogP) is 3.40. The molecule has 0 aliphatic carbocycles. The van der Waals surface area contributed by atoms with Crippen molar-refractivity contribution in [2.45, 2.75) is 32.7 Å². The van der Waals surface area contributed by atoms with Crippen LogP contribution in [-0.4, -0.2) is 32.2 Å². The molecule has 0 saturated heterocycles. The molecule has 0 aliphatic heterocycles. The van der Waals surface area contributed by atoms with E-state index in [0.29, 0.717) is 18.7 Å². The second-order valence-electron chi connectivity index (χ2n) is 6.03. The molecule has 6 nitrogen and oxygen atoms in total. The average molecular weight is 339 g/mol. The molecule has 3 aromatic rings. The Morgan fingerprint density at radius 2 is 2.08 bits per heavy atom. The quantitative estimate of drug-likeness (QED) is 0.668. The van der Waals surface area contributed by atoms with Crippen LogP contribution < -0.4 is 4.74 Å². The van der Waals surface area contributed by atoms with Crippen LogP contribution >= 0.6 is 0 Å². The molecule has 0 radical (unpaired) electrons. The van der Waals surface area contributed by atoms with E-state index < -0.39 is 12.0 Å². The summed E-state index contributed by atoms with van der Waals surface area (Å²) in [4.78, 5) is 20.5. The average Bonchev–Trinajstić information content (AvgIpc) is 2.96. The molecule has 0 aliphatic rings. The number of imidazole rings is 1.